The first-order chi connectivity index (χ1) is 6.90. The fourth-order valence-electron chi connectivity index (χ4n) is 0.876. The lowest BCUT2D eigenvalue weighted by Gasteiger charge is -2.09. The Morgan fingerprint density at radius 2 is 1.93 bits per heavy atom. The van der Waals surface area contributed by atoms with Gasteiger partial charge in [-0.15, -0.1) is 0 Å². The molecule has 0 aliphatic carbocycles. The summed E-state index contributed by atoms with van der Waals surface area (Å²) in [5.74, 6) is -1.13. The molecule has 0 radical (unpaired) electrons. The number of ether oxygens (including phenoxy) is 1. The fourth-order valence-corrected chi connectivity index (χ4v) is 0.876. The Balaban J connectivity index is 2.78. The molecule has 0 aliphatic heterocycles. The van der Waals surface area contributed by atoms with Crippen LogP contribution in [0.2, 0.25) is 0 Å². The molecule has 0 fully saturated rings. The molecule has 0 amide bonds. The van der Waals surface area contributed by atoms with Gasteiger partial charge in [0.1, 0.15) is 11.6 Å². The molecule has 1 aromatic rings. The van der Waals surface area contributed by atoms with E-state index in [-0.39, 0.29) is 11.3 Å². The Labute approximate surface area is 82.7 Å². The fraction of sp³-hybridized carbons (Fsp3) is 0.222. The smallest absolute Gasteiger partial charge is 0.422 e. The average Bonchev–Trinajstić information content (AvgIpc) is 2.13. The standard InChI is InChI=1S/C9H5F4NO/c10-7-1-6(4-14)2-8(3-7)15-5-9(11,12)13/h1-3H,5H2. The zero-order valence-corrected chi connectivity index (χ0v) is 7.31. The summed E-state index contributed by atoms with van der Waals surface area (Å²) in [6, 6.07) is 4.33. The van der Waals surface area contributed by atoms with Crippen molar-refractivity contribution in [2.45, 2.75) is 6.18 Å². The van der Waals surface area contributed by atoms with Crippen LogP contribution in [0.4, 0.5) is 17.6 Å². The quantitative estimate of drug-likeness (QED) is 0.716. The van der Waals surface area contributed by atoms with Gasteiger partial charge in [0, 0.05) is 6.07 Å². The molecule has 0 saturated heterocycles. The number of alkyl halides is 3. The summed E-state index contributed by atoms with van der Waals surface area (Å²) in [5, 5.41) is 8.42. The van der Waals surface area contributed by atoms with Crippen LogP contribution in [-0.4, -0.2) is 12.8 Å². The molecule has 15 heavy (non-hydrogen) atoms. The summed E-state index contributed by atoms with van der Waals surface area (Å²) in [7, 11) is 0. The van der Waals surface area contributed by atoms with E-state index in [0.29, 0.717) is 0 Å². The molecule has 0 bridgehead atoms. The van der Waals surface area contributed by atoms with Crippen molar-refractivity contribution in [1.82, 2.24) is 0 Å². The second-order valence-electron chi connectivity index (χ2n) is 2.69. The van der Waals surface area contributed by atoms with Crippen LogP contribution in [0.25, 0.3) is 0 Å². The summed E-state index contributed by atoms with van der Waals surface area (Å²) < 4.78 is 52.2. The third kappa shape index (κ3) is 3.85. The maximum absolute atomic E-state index is 12.7. The summed E-state index contributed by atoms with van der Waals surface area (Å²) in [5.41, 5.74) is -0.0906. The highest BCUT2D eigenvalue weighted by atomic mass is 19.4. The molecular weight excluding hydrogens is 214 g/mol. The maximum Gasteiger partial charge on any atom is 0.422 e. The first-order valence-corrected chi connectivity index (χ1v) is 3.81. The third-order valence-corrected chi connectivity index (χ3v) is 1.40. The molecule has 0 spiro atoms. The van der Waals surface area contributed by atoms with Crippen molar-refractivity contribution >= 4 is 0 Å². The van der Waals surface area contributed by atoms with Crippen LogP contribution in [0.3, 0.4) is 0 Å². The molecule has 0 aromatic heterocycles. The molecule has 2 nitrogen and oxygen atoms in total. The van der Waals surface area contributed by atoms with Crippen LogP contribution >= 0.6 is 0 Å². The molecule has 0 aliphatic rings. The molecule has 1 rings (SSSR count). The molecular formula is C9H5F4NO. The van der Waals surface area contributed by atoms with Crippen LogP contribution < -0.4 is 4.74 Å². The highest BCUT2D eigenvalue weighted by Crippen LogP contribution is 2.20. The summed E-state index contributed by atoms with van der Waals surface area (Å²) in [4.78, 5) is 0. The van der Waals surface area contributed by atoms with Crippen molar-refractivity contribution in [3.05, 3.63) is 29.6 Å². The minimum Gasteiger partial charge on any atom is -0.484 e. The van der Waals surface area contributed by atoms with E-state index in [1.54, 1.807) is 6.07 Å². The van der Waals surface area contributed by atoms with Crippen LogP contribution in [0.15, 0.2) is 18.2 Å². The van der Waals surface area contributed by atoms with Gasteiger partial charge in [-0.05, 0) is 12.1 Å². The lowest BCUT2D eigenvalue weighted by molar-refractivity contribution is -0.153. The van der Waals surface area contributed by atoms with Gasteiger partial charge >= 0.3 is 6.18 Å². The Hall–Kier alpha value is -1.77. The summed E-state index contributed by atoms with van der Waals surface area (Å²) >= 11 is 0. The van der Waals surface area contributed by atoms with Gasteiger partial charge < -0.3 is 4.74 Å². The van der Waals surface area contributed by atoms with E-state index >= 15 is 0 Å². The van der Waals surface area contributed by atoms with Gasteiger partial charge in [0.05, 0.1) is 11.6 Å². The summed E-state index contributed by atoms with van der Waals surface area (Å²) in [6.45, 7) is -1.51. The summed E-state index contributed by atoms with van der Waals surface area (Å²) in [6.07, 6.45) is -4.49. The minimum atomic E-state index is -4.49. The molecule has 0 N–H and O–H groups in total. The van der Waals surface area contributed by atoms with Gasteiger partial charge in [-0.2, -0.15) is 18.4 Å². The van der Waals surface area contributed by atoms with Gasteiger partial charge in [-0.3, -0.25) is 0 Å². The second kappa shape index (κ2) is 4.17. The lowest BCUT2D eigenvalue weighted by Crippen LogP contribution is -2.19. The molecule has 0 unspecified atom stereocenters. The predicted molar refractivity (Wildman–Crippen MR) is 42.7 cm³/mol. The Bertz CT molecular complexity index is 394. The molecule has 0 saturated carbocycles. The number of benzene rings is 1. The Morgan fingerprint density at radius 3 is 2.47 bits per heavy atom. The van der Waals surface area contributed by atoms with Crippen LogP contribution in [-0.2, 0) is 0 Å². The van der Waals surface area contributed by atoms with E-state index in [2.05, 4.69) is 4.74 Å². The largest absolute Gasteiger partial charge is 0.484 e. The van der Waals surface area contributed by atoms with Crippen molar-refractivity contribution in [3.63, 3.8) is 0 Å². The average molecular weight is 219 g/mol. The third-order valence-electron chi connectivity index (χ3n) is 1.40. The molecule has 6 heteroatoms. The molecule has 0 heterocycles. The predicted octanol–water partition coefficient (Wildman–Crippen LogP) is 2.64. The first-order valence-electron chi connectivity index (χ1n) is 3.81. The minimum absolute atomic E-state index is 0.0906. The van der Waals surface area contributed by atoms with Crippen molar-refractivity contribution in [1.29, 1.82) is 5.26 Å². The van der Waals surface area contributed by atoms with Crippen LogP contribution in [0, 0.1) is 17.1 Å². The second-order valence-corrected chi connectivity index (χ2v) is 2.69. The van der Waals surface area contributed by atoms with E-state index in [1.807, 2.05) is 0 Å². The number of nitrogens with zero attached hydrogens (tertiary/aromatic N) is 1. The Morgan fingerprint density at radius 1 is 1.27 bits per heavy atom. The Kier molecular flexibility index (Phi) is 3.14. The molecule has 80 valence electrons. The highest BCUT2D eigenvalue weighted by Gasteiger charge is 2.28. The maximum atomic E-state index is 12.7. The van der Waals surface area contributed by atoms with E-state index in [0.717, 1.165) is 18.2 Å². The van der Waals surface area contributed by atoms with Crippen molar-refractivity contribution in [3.8, 4) is 11.8 Å². The van der Waals surface area contributed by atoms with Crippen molar-refractivity contribution in [2.24, 2.45) is 0 Å². The lowest BCUT2D eigenvalue weighted by atomic mass is 10.2. The van der Waals surface area contributed by atoms with Crippen LogP contribution in [0.5, 0.6) is 5.75 Å². The first kappa shape index (κ1) is 11.3. The number of halogens is 4. The van der Waals surface area contributed by atoms with Gasteiger partial charge in [0.15, 0.2) is 6.61 Å². The van der Waals surface area contributed by atoms with Gasteiger partial charge in [-0.25, -0.2) is 4.39 Å². The van der Waals surface area contributed by atoms with E-state index in [4.69, 9.17) is 5.26 Å². The van der Waals surface area contributed by atoms with E-state index < -0.39 is 18.6 Å². The van der Waals surface area contributed by atoms with Gasteiger partial charge in [-0.1, -0.05) is 0 Å². The van der Waals surface area contributed by atoms with Crippen molar-refractivity contribution < 1.29 is 22.3 Å². The molecule has 1 aromatic carbocycles. The topological polar surface area (TPSA) is 33.0 Å². The zero-order valence-electron chi connectivity index (χ0n) is 7.31. The van der Waals surface area contributed by atoms with E-state index in [9.17, 15) is 17.6 Å². The number of hydrogen-bond acceptors (Lipinski definition) is 2. The monoisotopic (exact) mass is 219 g/mol. The molecule has 0 atom stereocenters. The normalized spacial score (nSPS) is 10.9. The number of hydrogen-bond donors (Lipinski definition) is 0. The van der Waals surface area contributed by atoms with Gasteiger partial charge in [0.25, 0.3) is 0 Å². The zero-order chi connectivity index (χ0) is 11.5. The van der Waals surface area contributed by atoms with Crippen LogP contribution in [0.1, 0.15) is 5.56 Å². The SMILES string of the molecule is N#Cc1cc(F)cc(OCC(F)(F)F)c1. The van der Waals surface area contributed by atoms with Crippen molar-refractivity contribution in [2.75, 3.05) is 6.61 Å². The number of nitriles is 1. The highest BCUT2D eigenvalue weighted by molar-refractivity contribution is 5.37. The number of rotatable bonds is 2. The van der Waals surface area contributed by atoms with Gasteiger partial charge in [0.2, 0.25) is 0 Å². The van der Waals surface area contributed by atoms with E-state index in [1.165, 1.54) is 0 Å².